The summed E-state index contributed by atoms with van der Waals surface area (Å²) in [7, 11) is 0. The Kier molecular flexibility index (Phi) is 3.74. The van der Waals surface area contributed by atoms with Gasteiger partial charge in [0, 0.05) is 21.7 Å². The van der Waals surface area contributed by atoms with Gasteiger partial charge in [-0.3, -0.25) is 4.79 Å². The van der Waals surface area contributed by atoms with Crippen molar-refractivity contribution in [3.63, 3.8) is 0 Å². The molecule has 1 aliphatic rings. The Bertz CT molecular complexity index is 417. The molecule has 1 aromatic carbocycles. The van der Waals surface area contributed by atoms with Crippen molar-refractivity contribution in [3.8, 4) is 0 Å². The summed E-state index contributed by atoms with van der Waals surface area (Å²) in [6, 6.07) is 5.95. The molecule has 2 rings (SSSR count). The molecule has 1 amide bonds. The SMILES string of the molecule is CCN(C(=O)c1ccc(I)c(Cl)c1)C1CC1. The molecule has 0 aliphatic heterocycles. The maximum atomic E-state index is 12.2. The Morgan fingerprint density at radius 1 is 1.56 bits per heavy atom. The Morgan fingerprint density at radius 2 is 2.25 bits per heavy atom. The minimum atomic E-state index is 0.100. The first-order valence-electron chi connectivity index (χ1n) is 5.39. The first kappa shape index (κ1) is 12.2. The van der Waals surface area contributed by atoms with Gasteiger partial charge in [-0.25, -0.2) is 0 Å². The number of halogens is 2. The molecule has 1 saturated carbocycles. The van der Waals surface area contributed by atoms with E-state index in [1.807, 2.05) is 24.0 Å². The summed E-state index contributed by atoms with van der Waals surface area (Å²) in [5, 5.41) is 0.651. The summed E-state index contributed by atoms with van der Waals surface area (Å²) in [5.74, 6) is 0.100. The lowest BCUT2D eigenvalue weighted by Gasteiger charge is -2.20. The number of nitrogens with zero attached hydrogens (tertiary/aromatic N) is 1. The van der Waals surface area contributed by atoms with Crippen LogP contribution >= 0.6 is 34.2 Å². The molecule has 0 radical (unpaired) electrons. The number of benzene rings is 1. The van der Waals surface area contributed by atoms with Crippen molar-refractivity contribution < 1.29 is 4.79 Å². The van der Waals surface area contributed by atoms with Gasteiger partial charge in [-0.2, -0.15) is 0 Å². The zero-order chi connectivity index (χ0) is 11.7. The molecule has 1 aromatic rings. The fourth-order valence-corrected chi connectivity index (χ4v) is 2.26. The first-order valence-corrected chi connectivity index (χ1v) is 6.85. The third kappa shape index (κ3) is 2.51. The van der Waals surface area contributed by atoms with Gasteiger partial charge in [-0.15, -0.1) is 0 Å². The van der Waals surface area contributed by atoms with Gasteiger partial charge in [-0.05, 0) is 60.6 Å². The lowest BCUT2D eigenvalue weighted by Crippen LogP contribution is -2.32. The lowest BCUT2D eigenvalue weighted by atomic mass is 10.2. The molecule has 86 valence electrons. The smallest absolute Gasteiger partial charge is 0.254 e. The van der Waals surface area contributed by atoms with Crippen LogP contribution in [0.4, 0.5) is 0 Å². The molecule has 1 aliphatic carbocycles. The molecule has 0 heterocycles. The van der Waals surface area contributed by atoms with Crippen molar-refractivity contribution in [1.29, 1.82) is 0 Å². The molecule has 16 heavy (non-hydrogen) atoms. The minimum Gasteiger partial charge on any atom is -0.336 e. The molecular weight excluding hydrogens is 336 g/mol. The largest absolute Gasteiger partial charge is 0.336 e. The van der Waals surface area contributed by atoms with E-state index < -0.39 is 0 Å². The molecule has 4 heteroatoms. The lowest BCUT2D eigenvalue weighted by molar-refractivity contribution is 0.0752. The maximum Gasteiger partial charge on any atom is 0.254 e. The Balaban J connectivity index is 2.22. The van der Waals surface area contributed by atoms with Crippen molar-refractivity contribution >= 4 is 40.1 Å². The van der Waals surface area contributed by atoms with E-state index in [4.69, 9.17) is 11.6 Å². The average molecular weight is 350 g/mol. The summed E-state index contributed by atoms with van der Waals surface area (Å²) in [5.41, 5.74) is 0.694. The van der Waals surface area contributed by atoms with Crippen LogP contribution in [0.5, 0.6) is 0 Å². The van der Waals surface area contributed by atoms with Gasteiger partial charge in [0.2, 0.25) is 0 Å². The molecule has 0 aromatic heterocycles. The van der Waals surface area contributed by atoms with Crippen LogP contribution in [-0.2, 0) is 0 Å². The highest BCUT2D eigenvalue weighted by Gasteiger charge is 2.31. The van der Waals surface area contributed by atoms with Gasteiger partial charge >= 0.3 is 0 Å². The van der Waals surface area contributed by atoms with Gasteiger partial charge < -0.3 is 4.90 Å². The Labute approximate surface area is 114 Å². The van der Waals surface area contributed by atoms with Gasteiger partial charge in [0.15, 0.2) is 0 Å². The zero-order valence-corrected chi connectivity index (χ0v) is 12.0. The van der Waals surface area contributed by atoms with Crippen molar-refractivity contribution in [1.82, 2.24) is 4.90 Å². The number of rotatable bonds is 3. The molecule has 0 unspecified atom stereocenters. The van der Waals surface area contributed by atoms with Crippen LogP contribution in [0.1, 0.15) is 30.1 Å². The predicted octanol–water partition coefficient (Wildman–Crippen LogP) is 3.57. The van der Waals surface area contributed by atoms with Crippen molar-refractivity contribution in [2.75, 3.05) is 6.54 Å². The normalized spacial score (nSPS) is 14.9. The van der Waals surface area contributed by atoms with E-state index in [1.54, 1.807) is 6.07 Å². The van der Waals surface area contributed by atoms with Crippen LogP contribution < -0.4 is 0 Å². The fourth-order valence-electron chi connectivity index (χ4n) is 1.75. The topological polar surface area (TPSA) is 20.3 Å². The molecule has 0 saturated heterocycles. The molecule has 0 N–H and O–H groups in total. The predicted molar refractivity (Wildman–Crippen MR) is 73.9 cm³/mol. The van der Waals surface area contributed by atoms with Crippen molar-refractivity contribution in [2.45, 2.75) is 25.8 Å². The van der Waals surface area contributed by atoms with Crippen molar-refractivity contribution in [3.05, 3.63) is 32.4 Å². The third-order valence-electron chi connectivity index (χ3n) is 2.76. The third-order valence-corrected chi connectivity index (χ3v) is 4.33. The number of amides is 1. The summed E-state index contributed by atoms with van der Waals surface area (Å²) >= 11 is 8.18. The van der Waals surface area contributed by atoms with Crippen molar-refractivity contribution in [2.24, 2.45) is 0 Å². The summed E-state index contributed by atoms with van der Waals surface area (Å²) in [4.78, 5) is 14.1. The fraction of sp³-hybridized carbons (Fsp3) is 0.417. The first-order chi connectivity index (χ1) is 7.63. The second-order valence-corrected chi connectivity index (χ2v) is 5.52. The minimum absolute atomic E-state index is 0.100. The Morgan fingerprint density at radius 3 is 2.75 bits per heavy atom. The maximum absolute atomic E-state index is 12.2. The highest BCUT2D eigenvalue weighted by molar-refractivity contribution is 14.1. The molecular formula is C12H13ClINO. The van der Waals surface area contributed by atoms with Crippen LogP contribution in [0, 0.1) is 3.57 Å². The van der Waals surface area contributed by atoms with Gasteiger partial charge in [0.1, 0.15) is 0 Å². The second kappa shape index (κ2) is 4.92. The zero-order valence-electron chi connectivity index (χ0n) is 9.04. The number of hydrogen-bond acceptors (Lipinski definition) is 1. The number of carbonyl (C=O) groups is 1. The second-order valence-electron chi connectivity index (χ2n) is 3.95. The summed E-state index contributed by atoms with van der Waals surface area (Å²) in [6.45, 7) is 2.79. The summed E-state index contributed by atoms with van der Waals surface area (Å²) in [6.07, 6.45) is 2.27. The van der Waals surface area contributed by atoms with Crippen LogP contribution in [0.3, 0.4) is 0 Å². The van der Waals surface area contributed by atoms with Gasteiger partial charge in [0.25, 0.3) is 5.91 Å². The standard InChI is InChI=1S/C12H13ClINO/c1-2-15(9-4-5-9)12(16)8-3-6-11(14)10(13)7-8/h3,6-7,9H,2,4-5H2,1H3. The van der Waals surface area contributed by atoms with E-state index in [0.29, 0.717) is 16.6 Å². The van der Waals surface area contributed by atoms with Crippen LogP contribution in [-0.4, -0.2) is 23.4 Å². The van der Waals surface area contributed by atoms with E-state index in [2.05, 4.69) is 22.6 Å². The van der Waals surface area contributed by atoms with Crippen LogP contribution in [0.15, 0.2) is 18.2 Å². The molecule has 0 bridgehead atoms. The number of carbonyl (C=O) groups excluding carboxylic acids is 1. The molecule has 0 atom stereocenters. The molecule has 1 fully saturated rings. The van der Waals surface area contributed by atoms with E-state index in [1.165, 1.54) is 0 Å². The van der Waals surface area contributed by atoms with Gasteiger partial charge in [0.05, 0.1) is 5.02 Å². The quantitative estimate of drug-likeness (QED) is 0.764. The summed E-state index contributed by atoms with van der Waals surface area (Å²) < 4.78 is 0.977. The molecule has 0 spiro atoms. The molecule has 2 nitrogen and oxygen atoms in total. The highest BCUT2D eigenvalue weighted by atomic mass is 127. The highest BCUT2D eigenvalue weighted by Crippen LogP contribution is 2.29. The van der Waals surface area contributed by atoms with Crippen LogP contribution in [0.25, 0.3) is 0 Å². The Hall–Kier alpha value is -0.290. The van der Waals surface area contributed by atoms with E-state index in [-0.39, 0.29) is 5.91 Å². The monoisotopic (exact) mass is 349 g/mol. The number of hydrogen-bond donors (Lipinski definition) is 0. The van der Waals surface area contributed by atoms with E-state index >= 15 is 0 Å². The average Bonchev–Trinajstić information content (AvgIpc) is 3.07. The van der Waals surface area contributed by atoms with E-state index in [0.717, 1.165) is 23.0 Å². The van der Waals surface area contributed by atoms with Gasteiger partial charge in [-0.1, -0.05) is 11.6 Å². The van der Waals surface area contributed by atoms with Crippen LogP contribution in [0.2, 0.25) is 5.02 Å². The van der Waals surface area contributed by atoms with E-state index in [9.17, 15) is 4.79 Å².